The number of likely N-dealkylation sites (N-methyl/N-ethyl adjacent to an activating group) is 1. The molecule has 0 aliphatic carbocycles. The number of fused-ring (bicyclic) bond motifs is 15. The highest BCUT2D eigenvalue weighted by Crippen LogP contribution is 2.51. The topological polar surface area (TPSA) is 502 Å². The zero-order valence-corrected chi connectivity index (χ0v) is 66.8. The van der Waals surface area contributed by atoms with Gasteiger partial charge in [-0.3, -0.25) is 33.6 Å². The van der Waals surface area contributed by atoms with Gasteiger partial charge in [0.15, 0.2) is 41.5 Å². The molecule has 18 unspecified atom stereocenters. The van der Waals surface area contributed by atoms with Gasteiger partial charge in [-0.2, -0.15) is 0 Å². The summed E-state index contributed by atoms with van der Waals surface area (Å²) in [4.78, 5) is 119. The Bertz CT molecular complexity index is 5010. The number of phenolic OH excluding ortho intramolecular Hbond substituents is 3. The maximum absolute atomic E-state index is 16.3. The molecule has 7 aromatic rings. The van der Waals surface area contributed by atoms with Gasteiger partial charge in [0.2, 0.25) is 41.6 Å². The van der Waals surface area contributed by atoms with Crippen molar-refractivity contribution in [2.45, 2.75) is 176 Å². The Kier molecular flexibility index (Phi) is 27.2. The number of ketones is 2. The van der Waals surface area contributed by atoms with E-state index < -0.39 is 244 Å². The third kappa shape index (κ3) is 19.3. The SMILES string of the molecule is CNC(CC(C)C)C(=O)NC1C(=O)CC(CC(N)=O)C(=O)NC2C(=O)CC3C(=O)NC(C(=O)NC(C(=O)O)c4cc(O)cc(O)c4-c4cc3ccc4O)C(O)c3ccc(c(Cl)c3)Oc3cc2cc(c3OC2OC(CO)C(O)C(O)C2OC2CC(C)(NCc3ccc(OCc4ccc(Cl)c(Cl)c4)cc3)C(O)C(C)O2)Oc2ccc(cc2Cl)C1O. The maximum Gasteiger partial charge on any atom is 0.330 e. The van der Waals surface area contributed by atoms with E-state index in [2.05, 4.69) is 31.9 Å². The Morgan fingerprint density at radius 3 is 1.95 bits per heavy atom. The Labute approximate surface area is 694 Å². The first kappa shape index (κ1) is 87.3. The van der Waals surface area contributed by atoms with Gasteiger partial charge < -0.3 is 122 Å². The lowest BCUT2D eigenvalue weighted by Gasteiger charge is -2.48. The fraction of sp³-hybridized carbons (Fsp3) is 0.390. The minimum absolute atomic E-state index is 0.0901. The molecule has 118 heavy (non-hydrogen) atoms. The number of amides is 5. The van der Waals surface area contributed by atoms with Crippen LogP contribution in [0.4, 0.5) is 0 Å². The molecule has 0 radical (unpaired) electrons. The van der Waals surface area contributed by atoms with Crippen LogP contribution in [-0.4, -0.2) is 185 Å². The van der Waals surface area contributed by atoms with Crippen molar-refractivity contribution in [2.24, 2.45) is 17.6 Å². The Morgan fingerprint density at radius 1 is 0.678 bits per heavy atom. The van der Waals surface area contributed by atoms with Crippen LogP contribution in [0.15, 0.2) is 121 Å². The average Bonchev–Trinajstić information content (AvgIpc) is 0.767. The summed E-state index contributed by atoms with van der Waals surface area (Å²) in [5, 5.41) is 133. The standard InChI is InChI=1S/C82H87Cl4N7O25/c1-34(2)18-52(88-5)78(108)92-67-55(98)23-42(26-62(87)100)76(106)90-65-41-24-59(114-57-16-10-39(69(67)101)21-50(57)85)73(118-81-74(72(104)71(103)61(32-94)116-81)117-63-30-82(4,75(105)35(3)113-63)89-31-36-6-12-44(13-7-36)112-33-37-8-14-48(83)49(84)19-37)60(25-41)115-58-17-11-40(22-51(58)86)70(102)68-79(109)91-66(80(110)111)47-27-43(95)28-54(97)64(47)46-20-38(9-15-53(46)96)45(29-56(65)99)77(107)93-68/h6-17,19-22,24-25,27-28,34-35,42,45,52,61,63,65-72,74-75,81,88-89,94-97,101-105H,18,23,26,29-33H2,1-5H3,(H2,87,100)(H,90,106)(H,91,109)(H,92,108)(H,93,107)(H,110,111). The molecule has 32 nitrogen and oxygen atoms in total. The van der Waals surface area contributed by atoms with Crippen molar-refractivity contribution in [2.75, 3.05) is 13.7 Å². The molecule has 2 saturated heterocycles. The van der Waals surface area contributed by atoms with E-state index in [9.17, 15) is 70.2 Å². The third-order valence-electron chi connectivity index (χ3n) is 21.3. The van der Waals surface area contributed by atoms with Gasteiger partial charge in [0.25, 0.3) is 0 Å². The number of aliphatic hydroxyl groups is 6. The predicted molar refractivity (Wildman–Crippen MR) is 422 cm³/mol. The zero-order valence-electron chi connectivity index (χ0n) is 63.8. The molecule has 7 aromatic carbocycles. The number of carboxylic acids is 1. The number of aromatic hydroxyl groups is 3. The molecule has 11 bridgehead atoms. The number of carboxylic acid groups (broad SMARTS) is 1. The summed E-state index contributed by atoms with van der Waals surface area (Å²) < 4.78 is 45.6. The average molecular weight is 1710 g/mol. The van der Waals surface area contributed by atoms with Crippen molar-refractivity contribution < 1.29 is 123 Å². The number of phenols is 3. The Morgan fingerprint density at radius 2 is 1.33 bits per heavy atom. The molecule has 7 aliphatic rings. The van der Waals surface area contributed by atoms with E-state index in [1.807, 2.05) is 13.8 Å². The summed E-state index contributed by atoms with van der Waals surface area (Å²) in [6.45, 7) is 6.30. The van der Waals surface area contributed by atoms with Crippen molar-refractivity contribution in [3.63, 3.8) is 0 Å². The number of aliphatic hydroxyl groups excluding tert-OH is 6. The fourth-order valence-corrected chi connectivity index (χ4v) is 15.7. The van der Waals surface area contributed by atoms with Gasteiger partial charge in [-0.05, 0) is 145 Å². The van der Waals surface area contributed by atoms with Gasteiger partial charge in [-0.15, -0.1) is 0 Å². The summed E-state index contributed by atoms with van der Waals surface area (Å²) in [7, 11) is 1.49. The number of halogens is 4. The summed E-state index contributed by atoms with van der Waals surface area (Å²) in [5.74, 6) is -18.2. The number of primary amides is 1. The van der Waals surface area contributed by atoms with Crippen LogP contribution in [0.5, 0.6) is 51.7 Å². The van der Waals surface area contributed by atoms with E-state index in [0.717, 1.165) is 65.7 Å². The maximum atomic E-state index is 16.3. The molecule has 0 spiro atoms. The second-order valence-electron chi connectivity index (χ2n) is 30.2. The highest BCUT2D eigenvalue weighted by molar-refractivity contribution is 6.42. The second kappa shape index (κ2) is 36.7. The van der Waals surface area contributed by atoms with Crippen LogP contribution in [0.3, 0.4) is 0 Å². The van der Waals surface area contributed by atoms with Gasteiger partial charge in [-0.1, -0.05) is 96.6 Å². The molecular weight excluding hydrogens is 1620 g/mol. The lowest BCUT2D eigenvalue weighted by atomic mass is 9.84. The largest absolute Gasteiger partial charge is 0.508 e. The smallest absolute Gasteiger partial charge is 0.330 e. The monoisotopic (exact) mass is 1710 g/mol. The van der Waals surface area contributed by atoms with Crippen LogP contribution in [0.25, 0.3) is 11.1 Å². The fourth-order valence-electron chi connectivity index (χ4n) is 15.0. The lowest BCUT2D eigenvalue weighted by molar-refractivity contribution is -0.334. The van der Waals surface area contributed by atoms with Crippen LogP contribution >= 0.6 is 46.4 Å². The van der Waals surface area contributed by atoms with Gasteiger partial charge in [0, 0.05) is 60.5 Å². The van der Waals surface area contributed by atoms with Crippen molar-refractivity contribution in [3.05, 3.63) is 180 Å². The summed E-state index contributed by atoms with van der Waals surface area (Å²) in [6, 6.07) is 16.8. The molecule has 628 valence electrons. The lowest BCUT2D eigenvalue weighted by Crippen LogP contribution is -2.65. The first-order chi connectivity index (χ1) is 56.0. The highest BCUT2D eigenvalue weighted by atomic mass is 35.5. The molecular formula is C82H87Cl4N7O25. The molecule has 14 rings (SSSR count). The van der Waals surface area contributed by atoms with E-state index in [1.165, 1.54) is 31.3 Å². The molecule has 0 aromatic heterocycles. The molecule has 7 heterocycles. The number of nitrogens with one attached hydrogen (secondary N) is 6. The van der Waals surface area contributed by atoms with Gasteiger partial charge in [0.05, 0.1) is 56.8 Å². The molecule has 0 saturated carbocycles. The Balaban J connectivity index is 1.02. The zero-order chi connectivity index (χ0) is 85.2. The molecule has 7 aliphatic heterocycles. The number of hydrogen-bond acceptors (Lipinski definition) is 26. The minimum Gasteiger partial charge on any atom is -0.508 e. The summed E-state index contributed by atoms with van der Waals surface area (Å²) in [5.41, 5.74) is 3.61. The highest BCUT2D eigenvalue weighted by Gasteiger charge is 2.52. The van der Waals surface area contributed by atoms with E-state index >= 15 is 19.2 Å². The van der Waals surface area contributed by atoms with Gasteiger partial charge >= 0.3 is 5.97 Å². The number of nitrogens with two attached hydrogens (primary N) is 1. The van der Waals surface area contributed by atoms with E-state index in [4.69, 9.17) is 85.3 Å². The minimum atomic E-state index is -2.26. The van der Waals surface area contributed by atoms with Crippen LogP contribution < -0.4 is 56.6 Å². The van der Waals surface area contributed by atoms with Gasteiger partial charge in [0.1, 0.15) is 89.7 Å². The molecule has 5 amide bonds. The number of Topliss-reactive ketones (excluding diaryl/α,β-unsaturated/α-hetero) is 2. The van der Waals surface area contributed by atoms with E-state index in [0.29, 0.717) is 15.8 Å². The van der Waals surface area contributed by atoms with Crippen molar-refractivity contribution in [3.8, 4) is 62.9 Å². The van der Waals surface area contributed by atoms with Crippen LogP contribution in [0.1, 0.15) is 129 Å². The summed E-state index contributed by atoms with van der Waals surface area (Å²) in [6.07, 6.45) is -20.6. The van der Waals surface area contributed by atoms with Crippen LogP contribution in [0.2, 0.25) is 20.1 Å². The normalized spacial score (nSPS) is 27.0. The molecule has 2 fully saturated rings. The summed E-state index contributed by atoms with van der Waals surface area (Å²) >= 11 is 26.7. The number of benzene rings is 7. The number of aliphatic carboxylic acids is 1. The quantitative estimate of drug-likeness (QED) is 0.0396. The first-order valence-electron chi connectivity index (χ1n) is 37.5. The van der Waals surface area contributed by atoms with Crippen LogP contribution in [-0.2, 0) is 65.7 Å². The van der Waals surface area contributed by atoms with E-state index in [-0.39, 0.29) is 65.1 Å². The van der Waals surface area contributed by atoms with Gasteiger partial charge in [-0.25, -0.2) is 4.79 Å². The van der Waals surface area contributed by atoms with Crippen LogP contribution in [0, 0.1) is 11.8 Å². The van der Waals surface area contributed by atoms with E-state index in [1.54, 1.807) is 56.3 Å². The van der Waals surface area contributed by atoms with Crippen molar-refractivity contribution in [1.82, 2.24) is 31.9 Å². The number of ether oxygens (including phenoxy) is 7. The molecule has 36 heteroatoms. The first-order valence-corrected chi connectivity index (χ1v) is 39.0. The third-order valence-corrected chi connectivity index (χ3v) is 22.7. The number of hydrogen-bond donors (Lipinski definition) is 17. The number of carbonyl (C=O) groups excluding carboxylic acids is 7. The van der Waals surface area contributed by atoms with Crippen molar-refractivity contribution >= 4 is 93.5 Å². The van der Waals surface area contributed by atoms with Crippen molar-refractivity contribution in [1.29, 1.82) is 0 Å². The predicted octanol–water partition coefficient (Wildman–Crippen LogP) is 6.80. The second-order valence-corrected chi connectivity index (χ2v) is 31.9. The number of carbonyl (C=O) groups is 8. The Hall–Kier alpha value is -9.98. The molecule has 18 atom stereocenters. The molecule has 18 N–H and O–H groups in total. The number of rotatable bonds is 19.